The number of carbonyl (C=O) groups is 1. The van der Waals surface area contributed by atoms with E-state index in [4.69, 9.17) is 11.6 Å². The van der Waals surface area contributed by atoms with Crippen LogP contribution < -0.4 is 10.9 Å². The molecule has 1 heterocycles. The van der Waals surface area contributed by atoms with E-state index in [0.717, 1.165) is 25.7 Å². The summed E-state index contributed by atoms with van der Waals surface area (Å²) in [4.78, 5) is 23.8. The van der Waals surface area contributed by atoms with Gasteiger partial charge in [-0.15, -0.1) is 11.6 Å². The molecule has 104 valence electrons. The molecule has 1 fully saturated rings. The van der Waals surface area contributed by atoms with E-state index in [1.54, 1.807) is 19.3 Å². The molecule has 0 spiro atoms. The van der Waals surface area contributed by atoms with E-state index in [1.165, 1.54) is 17.1 Å². The summed E-state index contributed by atoms with van der Waals surface area (Å²) in [5.41, 5.74) is -0.0906. The number of halogens is 1. The minimum atomic E-state index is -0.308. The van der Waals surface area contributed by atoms with E-state index in [-0.39, 0.29) is 17.0 Å². The van der Waals surface area contributed by atoms with Crippen LogP contribution in [0.1, 0.15) is 42.5 Å². The Labute approximate surface area is 117 Å². The summed E-state index contributed by atoms with van der Waals surface area (Å²) in [6.45, 7) is 0. The van der Waals surface area contributed by atoms with Crippen LogP contribution in [0.3, 0.4) is 0 Å². The van der Waals surface area contributed by atoms with Gasteiger partial charge in [0.25, 0.3) is 11.5 Å². The molecule has 0 aromatic carbocycles. The normalized spacial score (nSPS) is 18.0. The molecular formula is C14H19ClN2O2. The Kier molecular flexibility index (Phi) is 4.30. The van der Waals surface area contributed by atoms with Gasteiger partial charge in [0, 0.05) is 30.8 Å². The highest BCUT2D eigenvalue weighted by atomic mass is 35.5. The van der Waals surface area contributed by atoms with Crippen LogP contribution >= 0.6 is 11.6 Å². The number of pyridine rings is 1. The van der Waals surface area contributed by atoms with Crippen LogP contribution in [0.25, 0.3) is 0 Å². The molecule has 0 unspecified atom stereocenters. The first-order valence-electron chi connectivity index (χ1n) is 6.61. The molecule has 2 rings (SSSR count). The number of alkyl halides is 1. The van der Waals surface area contributed by atoms with Crippen molar-refractivity contribution in [3.63, 3.8) is 0 Å². The van der Waals surface area contributed by atoms with E-state index in [1.807, 2.05) is 0 Å². The van der Waals surface area contributed by atoms with Gasteiger partial charge in [0.2, 0.25) is 0 Å². The maximum atomic E-state index is 12.2. The van der Waals surface area contributed by atoms with Crippen molar-refractivity contribution in [2.45, 2.75) is 37.6 Å². The van der Waals surface area contributed by atoms with Crippen LogP contribution in [0, 0.1) is 0 Å². The molecule has 1 N–H and O–H groups in total. The second kappa shape index (κ2) is 5.78. The highest BCUT2D eigenvalue weighted by Crippen LogP contribution is 2.29. The third-order valence-electron chi connectivity index (χ3n) is 3.81. The minimum absolute atomic E-state index is 0.184. The molecule has 1 saturated carbocycles. The summed E-state index contributed by atoms with van der Waals surface area (Å²) in [5, 5.41) is 3.03. The van der Waals surface area contributed by atoms with E-state index < -0.39 is 0 Å². The largest absolute Gasteiger partial charge is 0.345 e. The summed E-state index contributed by atoms with van der Waals surface area (Å²) in [6.07, 6.45) is 6.79. The van der Waals surface area contributed by atoms with Gasteiger partial charge < -0.3 is 9.88 Å². The first kappa shape index (κ1) is 14.1. The van der Waals surface area contributed by atoms with Gasteiger partial charge >= 0.3 is 0 Å². The molecule has 1 amide bonds. The van der Waals surface area contributed by atoms with E-state index in [0.29, 0.717) is 11.4 Å². The van der Waals surface area contributed by atoms with Crippen LogP contribution in [0.15, 0.2) is 23.1 Å². The zero-order valence-electron chi connectivity index (χ0n) is 11.1. The van der Waals surface area contributed by atoms with Gasteiger partial charge in [0.15, 0.2) is 0 Å². The standard InChI is InChI=1S/C14H19ClN2O2/c1-17-8-5-11(9-12(17)18)13(19)16-14(10-15)6-3-2-4-7-14/h5,8-9H,2-4,6-7,10H2,1H3,(H,16,19). The Bertz CT molecular complexity index is 518. The van der Waals surface area contributed by atoms with Crippen molar-refractivity contribution in [1.82, 2.24) is 9.88 Å². The lowest BCUT2D eigenvalue weighted by atomic mass is 9.83. The van der Waals surface area contributed by atoms with Crippen LogP contribution in [0.5, 0.6) is 0 Å². The molecule has 0 bridgehead atoms. The molecule has 1 aromatic rings. The van der Waals surface area contributed by atoms with Crippen molar-refractivity contribution in [3.8, 4) is 0 Å². The van der Waals surface area contributed by atoms with Gasteiger partial charge in [-0.2, -0.15) is 0 Å². The molecule has 0 atom stereocenters. The molecule has 1 aromatic heterocycles. The Morgan fingerprint density at radius 3 is 2.68 bits per heavy atom. The molecule has 0 saturated heterocycles. The fourth-order valence-corrected chi connectivity index (χ4v) is 2.86. The van der Waals surface area contributed by atoms with Gasteiger partial charge in [-0.25, -0.2) is 0 Å². The highest BCUT2D eigenvalue weighted by Gasteiger charge is 2.32. The van der Waals surface area contributed by atoms with Gasteiger partial charge in [0.1, 0.15) is 0 Å². The van der Waals surface area contributed by atoms with Gasteiger partial charge in [-0.1, -0.05) is 19.3 Å². The number of nitrogens with zero attached hydrogens (tertiary/aromatic N) is 1. The second-order valence-electron chi connectivity index (χ2n) is 5.29. The van der Waals surface area contributed by atoms with Crippen molar-refractivity contribution in [1.29, 1.82) is 0 Å². The number of aromatic nitrogens is 1. The quantitative estimate of drug-likeness (QED) is 0.863. The van der Waals surface area contributed by atoms with Crippen LogP contribution in [-0.2, 0) is 7.05 Å². The van der Waals surface area contributed by atoms with Crippen molar-refractivity contribution in [3.05, 3.63) is 34.2 Å². The van der Waals surface area contributed by atoms with Crippen molar-refractivity contribution in [2.75, 3.05) is 5.88 Å². The average Bonchev–Trinajstić information content (AvgIpc) is 2.43. The van der Waals surface area contributed by atoms with Crippen molar-refractivity contribution in [2.24, 2.45) is 7.05 Å². The van der Waals surface area contributed by atoms with E-state index in [2.05, 4.69) is 5.32 Å². The predicted octanol–water partition coefficient (Wildman–Crippen LogP) is 2.06. The lowest BCUT2D eigenvalue weighted by Gasteiger charge is -2.36. The van der Waals surface area contributed by atoms with Gasteiger partial charge in [0.05, 0.1) is 5.54 Å². The number of aryl methyl sites for hydroxylation is 1. The molecule has 19 heavy (non-hydrogen) atoms. The number of rotatable bonds is 3. The fourth-order valence-electron chi connectivity index (χ4n) is 2.52. The highest BCUT2D eigenvalue weighted by molar-refractivity contribution is 6.19. The van der Waals surface area contributed by atoms with Gasteiger partial charge in [-0.05, 0) is 18.9 Å². The third kappa shape index (κ3) is 3.18. The predicted molar refractivity (Wildman–Crippen MR) is 75.7 cm³/mol. The second-order valence-corrected chi connectivity index (χ2v) is 5.56. The molecule has 0 aliphatic heterocycles. The topological polar surface area (TPSA) is 51.1 Å². The Hall–Kier alpha value is -1.29. The SMILES string of the molecule is Cn1ccc(C(=O)NC2(CCl)CCCCC2)cc1=O. The molecule has 5 heteroatoms. The zero-order chi connectivity index (χ0) is 13.9. The van der Waals surface area contributed by atoms with Crippen LogP contribution in [0.2, 0.25) is 0 Å². The monoisotopic (exact) mass is 282 g/mol. The zero-order valence-corrected chi connectivity index (χ0v) is 11.9. The summed E-state index contributed by atoms with van der Waals surface area (Å²) >= 11 is 6.04. The van der Waals surface area contributed by atoms with Crippen LogP contribution in [-0.4, -0.2) is 21.9 Å². The minimum Gasteiger partial charge on any atom is -0.345 e. The first-order valence-corrected chi connectivity index (χ1v) is 7.15. The average molecular weight is 283 g/mol. The summed E-state index contributed by atoms with van der Waals surface area (Å²) in [6, 6.07) is 3.02. The maximum Gasteiger partial charge on any atom is 0.252 e. The van der Waals surface area contributed by atoms with Crippen molar-refractivity contribution >= 4 is 17.5 Å². The number of amides is 1. The Morgan fingerprint density at radius 1 is 1.42 bits per heavy atom. The number of carbonyl (C=O) groups excluding carboxylic acids is 1. The maximum absolute atomic E-state index is 12.2. The molecule has 4 nitrogen and oxygen atoms in total. The Balaban J connectivity index is 2.15. The Morgan fingerprint density at radius 2 is 2.11 bits per heavy atom. The lowest BCUT2D eigenvalue weighted by Crippen LogP contribution is -2.51. The third-order valence-corrected chi connectivity index (χ3v) is 4.32. The summed E-state index contributed by atoms with van der Waals surface area (Å²) in [5.74, 6) is 0.212. The number of hydrogen-bond acceptors (Lipinski definition) is 2. The number of hydrogen-bond donors (Lipinski definition) is 1. The molecule has 1 aliphatic carbocycles. The van der Waals surface area contributed by atoms with E-state index >= 15 is 0 Å². The van der Waals surface area contributed by atoms with Crippen molar-refractivity contribution < 1.29 is 4.79 Å². The fraction of sp³-hybridized carbons (Fsp3) is 0.571. The van der Waals surface area contributed by atoms with Crippen LogP contribution in [0.4, 0.5) is 0 Å². The number of nitrogens with one attached hydrogen (secondary N) is 1. The molecule has 1 aliphatic rings. The lowest BCUT2D eigenvalue weighted by molar-refractivity contribution is 0.0884. The smallest absolute Gasteiger partial charge is 0.252 e. The molecule has 0 radical (unpaired) electrons. The molecular weight excluding hydrogens is 264 g/mol. The summed E-state index contributed by atoms with van der Waals surface area (Å²) in [7, 11) is 1.66. The van der Waals surface area contributed by atoms with Gasteiger partial charge in [-0.3, -0.25) is 9.59 Å². The van der Waals surface area contributed by atoms with E-state index in [9.17, 15) is 9.59 Å². The summed E-state index contributed by atoms with van der Waals surface area (Å²) < 4.78 is 1.44. The first-order chi connectivity index (χ1) is 9.06.